The van der Waals surface area contributed by atoms with Crippen molar-refractivity contribution in [2.75, 3.05) is 26.4 Å². The summed E-state index contributed by atoms with van der Waals surface area (Å²) in [5.74, 6) is -0.209. The zero-order chi connectivity index (χ0) is 20.1. The molecule has 2 fully saturated rings. The first-order valence-corrected chi connectivity index (χ1v) is 10.5. The topological polar surface area (TPSA) is 65.1 Å². The van der Waals surface area contributed by atoms with Crippen molar-refractivity contribution in [1.82, 2.24) is 4.90 Å². The van der Waals surface area contributed by atoms with Gasteiger partial charge in [0.25, 0.3) is 5.91 Å². The van der Waals surface area contributed by atoms with E-state index in [2.05, 4.69) is 0 Å². The first kappa shape index (κ1) is 21.1. The van der Waals surface area contributed by atoms with Gasteiger partial charge in [0.05, 0.1) is 29.2 Å². The maximum Gasteiger partial charge on any atom is 0.344 e. The van der Waals surface area contributed by atoms with Crippen LogP contribution in [0.2, 0.25) is 5.02 Å². The molecule has 28 heavy (non-hydrogen) atoms. The highest BCUT2D eigenvalue weighted by atomic mass is 35.5. The van der Waals surface area contributed by atoms with E-state index in [9.17, 15) is 9.59 Å². The van der Waals surface area contributed by atoms with E-state index in [0.717, 1.165) is 25.0 Å². The molecule has 3 rings (SSSR count). The van der Waals surface area contributed by atoms with Crippen molar-refractivity contribution >= 4 is 57.9 Å². The van der Waals surface area contributed by atoms with E-state index < -0.39 is 5.97 Å². The second-order valence-electron chi connectivity index (χ2n) is 6.21. The van der Waals surface area contributed by atoms with Gasteiger partial charge in [0.2, 0.25) is 0 Å². The molecule has 150 valence electrons. The van der Waals surface area contributed by atoms with E-state index in [1.807, 2.05) is 0 Å². The third kappa shape index (κ3) is 5.26. The van der Waals surface area contributed by atoms with Crippen LogP contribution in [-0.4, -0.2) is 53.6 Å². The molecule has 1 amide bonds. The van der Waals surface area contributed by atoms with Gasteiger partial charge in [-0.1, -0.05) is 41.6 Å². The average Bonchev–Trinajstić information content (AvgIpc) is 3.26. The molecule has 2 heterocycles. The van der Waals surface area contributed by atoms with Crippen molar-refractivity contribution in [3.05, 3.63) is 33.7 Å². The number of rotatable bonds is 7. The van der Waals surface area contributed by atoms with Crippen molar-refractivity contribution in [2.45, 2.75) is 25.9 Å². The molecule has 9 heteroatoms. The monoisotopic (exact) mass is 441 g/mol. The Balaban J connectivity index is 1.65. The minimum atomic E-state index is -0.461. The molecular weight excluding hydrogens is 422 g/mol. The zero-order valence-corrected chi connectivity index (χ0v) is 17.7. The first-order chi connectivity index (χ1) is 13.5. The third-order valence-electron chi connectivity index (χ3n) is 4.19. The largest absolute Gasteiger partial charge is 0.480 e. The lowest BCUT2D eigenvalue weighted by molar-refractivity contribution is -0.145. The van der Waals surface area contributed by atoms with E-state index >= 15 is 0 Å². The molecule has 6 nitrogen and oxygen atoms in total. The molecule has 1 aromatic rings. The predicted molar refractivity (Wildman–Crippen MR) is 112 cm³/mol. The van der Waals surface area contributed by atoms with Crippen LogP contribution >= 0.6 is 35.6 Å². The van der Waals surface area contributed by atoms with Gasteiger partial charge >= 0.3 is 5.97 Å². The second-order valence-corrected chi connectivity index (χ2v) is 8.29. The molecule has 0 unspecified atom stereocenters. The lowest BCUT2D eigenvalue weighted by Gasteiger charge is -2.18. The van der Waals surface area contributed by atoms with E-state index in [1.165, 1.54) is 11.8 Å². The summed E-state index contributed by atoms with van der Waals surface area (Å²) in [4.78, 5) is 26.2. The minimum Gasteiger partial charge on any atom is -0.480 e. The van der Waals surface area contributed by atoms with Crippen LogP contribution in [0, 0.1) is 0 Å². The van der Waals surface area contributed by atoms with Gasteiger partial charge < -0.3 is 14.2 Å². The van der Waals surface area contributed by atoms with Crippen molar-refractivity contribution in [3.8, 4) is 5.75 Å². The molecule has 0 aliphatic carbocycles. The number of carbonyl (C=O) groups is 2. The number of thiocarbonyl (C=S) groups is 1. The van der Waals surface area contributed by atoms with Crippen molar-refractivity contribution in [1.29, 1.82) is 0 Å². The Kier molecular flexibility index (Phi) is 7.34. The predicted octanol–water partition coefficient (Wildman–Crippen LogP) is 3.66. The fourth-order valence-electron chi connectivity index (χ4n) is 2.86. The Labute approximate surface area is 178 Å². The van der Waals surface area contributed by atoms with Gasteiger partial charge in [0.1, 0.15) is 10.1 Å². The number of ether oxygens (including phenoxy) is 3. The number of amides is 1. The molecule has 0 bridgehead atoms. The maximum atomic E-state index is 12.7. The molecule has 1 atom stereocenters. The molecule has 0 spiro atoms. The number of carbonyl (C=O) groups excluding carboxylic acids is 2. The van der Waals surface area contributed by atoms with Gasteiger partial charge in [-0.3, -0.25) is 9.69 Å². The third-order valence-corrected chi connectivity index (χ3v) is 5.86. The standard InChI is InChI=1S/C19H20ClNO5S2/c1-2-24-17(22)11-26-15-6-5-12(8-14(15)20)9-16-18(23)21(19(27)28-16)10-13-4-3-7-25-13/h5-6,8-9,13H,2-4,7,10-11H2,1H3/b16-9-/t13-/m0/s1. The lowest BCUT2D eigenvalue weighted by atomic mass is 10.2. The maximum absolute atomic E-state index is 12.7. The van der Waals surface area contributed by atoms with Crippen LogP contribution < -0.4 is 4.74 Å². The zero-order valence-electron chi connectivity index (χ0n) is 15.3. The highest BCUT2D eigenvalue weighted by Crippen LogP contribution is 2.34. The SMILES string of the molecule is CCOC(=O)COc1ccc(/C=C2\SC(=S)N(C[C@@H]3CCCO3)C2=O)cc1Cl. The fraction of sp³-hybridized carbons (Fsp3) is 0.421. The van der Waals surface area contributed by atoms with Gasteiger partial charge in [-0.05, 0) is 43.5 Å². The van der Waals surface area contributed by atoms with Crippen molar-refractivity contribution in [3.63, 3.8) is 0 Å². The van der Waals surface area contributed by atoms with Crippen LogP contribution in [0.5, 0.6) is 5.75 Å². The molecule has 0 saturated carbocycles. The summed E-state index contributed by atoms with van der Waals surface area (Å²) in [6.07, 6.45) is 3.75. The van der Waals surface area contributed by atoms with Crippen LogP contribution in [0.15, 0.2) is 23.1 Å². The minimum absolute atomic E-state index is 0.0483. The Bertz CT molecular complexity index is 808. The molecule has 2 aliphatic rings. The van der Waals surface area contributed by atoms with Crippen molar-refractivity contribution in [2.24, 2.45) is 0 Å². The molecule has 0 aromatic heterocycles. The van der Waals surface area contributed by atoms with E-state index in [1.54, 1.807) is 36.1 Å². The lowest BCUT2D eigenvalue weighted by Crippen LogP contribution is -2.35. The van der Waals surface area contributed by atoms with Crippen LogP contribution in [0.1, 0.15) is 25.3 Å². The van der Waals surface area contributed by atoms with Gasteiger partial charge in [-0.2, -0.15) is 0 Å². The Hall–Kier alpha value is -1.61. The average molecular weight is 442 g/mol. The number of hydrogen-bond donors (Lipinski definition) is 0. The quantitative estimate of drug-likeness (QED) is 0.363. The van der Waals surface area contributed by atoms with Gasteiger partial charge in [0, 0.05) is 6.61 Å². The summed E-state index contributed by atoms with van der Waals surface area (Å²) in [7, 11) is 0. The Morgan fingerprint density at radius 3 is 3.00 bits per heavy atom. The highest BCUT2D eigenvalue weighted by molar-refractivity contribution is 8.26. The van der Waals surface area contributed by atoms with Gasteiger partial charge in [-0.15, -0.1) is 0 Å². The molecule has 2 aliphatic heterocycles. The number of hydrogen-bond acceptors (Lipinski definition) is 7. The normalized spacial score (nSPS) is 20.9. The van der Waals surface area contributed by atoms with Crippen LogP contribution in [0.25, 0.3) is 6.08 Å². The Morgan fingerprint density at radius 1 is 1.50 bits per heavy atom. The van der Waals surface area contributed by atoms with Gasteiger partial charge in [-0.25, -0.2) is 4.79 Å². The fourth-order valence-corrected chi connectivity index (χ4v) is 4.38. The second kappa shape index (κ2) is 9.73. The summed E-state index contributed by atoms with van der Waals surface area (Å²) in [5.41, 5.74) is 0.742. The summed E-state index contributed by atoms with van der Waals surface area (Å²) >= 11 is 12.9. The number of halogens is 1. The summed E-state index contributed by atoms with van der Waals surface area (Å²) in [6.45, 7) is 3.03. The summed E-state index contributed by atoms with van der Waals surface area (Å²) < 4.78 is 16.3. The van der Waals surface area contributed by atoms with Crippen molar-refractivity contribution < 1.29 is 23.8 Å². The van der Waals surface area contributed by atoms with Crippen LogP contribution in [-0.2, 0) is 19.1 Å². The van der Waals surface area contributed by atoms with E-state index in [0.29, 0.717) is 33.1 Å². The van der Waals surface area contributed by atoms with Crippen LogP contribution in [0.4, 0.5) is 0 Å². The molecule has 0 radical (unpaired) electrons. The highest BCUT2D eigenvalue weighted by Gasteiger charge is 2.34. The number of esters is 1. The molecule has 1 aromatic carbocycles. The molecule has 0 N–H and O–H groups in total. The van der Waals surface area contributed by atoms with E-state index in [-0.39, 0.29) is 18.6 Å². The first-order valence-electron chi connectivity index (χ1n) is 8.93. The Morgan fingerprint density at radius 2 is 2.32 bits per heavy atom. The van der Waals surface area contributed by atoms with Crippen LogP contribution in [0.3, 0.4) is 0 Å². The number of nitrogens with zero attached hydrogens (tertiary/aromatic N) is 1. The summed E-state index contributed by atoms with van der Waals surface area (Å²) in [5, 5.41) is 0.341. The van der Waals surface area contributed by atoms with Gasteiger partial charge in [0.15, 0.2) is 6.61 Å². The molecule has 2 saturated heterocycles. The summed E-state index contributed by atoms with van der Waals surface area (Å²) in [6, 6.07) is 5.09. The molecular formula is C19H20ClNO5S2. The van der Waals surface area contributed by atoms with E-state index in [4.69, 9.17) is 38.0 Å². The smallest absolute Gasteiger partial charge is 0.344 e. The number of thioether (sulfide) groups is 1. The number of benzene rings is 1.